The van der Waals surface area contributed by atoms with Crippen molar-refractivity contribution < 1.29 is 0 Å². The van der Waals surface area contributed by atoms with Crippen LogP contribution in [0.15, 0.2) is 48.2 Å². The summed E-state index contributed by atoms with van der Waals surface area (Å²) < 4.78 is 0. The molecule has 0 fully saturated rings. The molecule has 0 radical (unpaired) electrons. The third kappa shape index (κ3) is 1.46. The van der Waals surface area contributed by atoms with Crippen molar-refractivity contribution in [1.82, 2.24) is 0 Å². The number of rotatable bonds is 1. The molecule has 0 saturated carbocycles. The maximum Gasteiger partial charge on any atom is 0.0510 e. The van der Waals surface area contributed by atoms with Gasteiger partial charge in [0.1, 0.15) is 0 Å². The summed E-state index contributed by atoms with van der Waals surface area (Å²) in [6.07, 6.45) is 2.30. The summed E-state index contributed by atoms with van der Waals surface area (Å²) in [5.41, 5.74) is 4.03. The molecule has 0 aliphatic carbocycles. The molecule has 1 unspecified atom stereocenters. The van der Waals surface area contributed by atoms with Crippen LogP contribution in [0, 0.1) is 6.92 Å². The van der Waals surface area contributed by atoms with E-state index in [4.69, 9.17) is 0 Å². The summed E-state index contributed by atoms with van der Waals surface area (Å²) in [5.74, 6) is 0. The molecule has 3 rings (SSSR count). The largest absolute Gasteiger partial charge is 0.338 e. The number of hydrogen-bond acceptors (Lipinski definition) is 1. The Hall–Kier alpha value is -1.76. The van der Waals surface area contributed by atoms with E-state index >= 15 is 0 Å². The highest BCUT2D eigenvalue weighted by molar-refractivity contribution is 5.97. The summed E-state index contributed by atoms with van der Waals surface area (Å²) in [5, 5.41) is 2.71. The van der Waals surface area contributed by atoms with Gasteiger partial charge in [-0.2, -0.15) is 0 Å². The third-order valence-corrected chi connectivity index (χ3v) is 3.65. The first-order chi connectivity index (χ1) is 8.18. The molecular weight excluding hydrogens is 206 g/mol. The fourth-order valence-corrected chi connectivity index (χ4v) is 2.80. The Bertz CT molecular complexity index is 610. The van der Waals surface area contributed by atoms with Crippen LogP contribution in [-0.4, -0.2) is 6.04 Å². The van der Waals surface area contributed by atoms with Crippen molar-refractivity contribution in [3.05, 3.63) is 53.7 Å². The molecule has 0 saturated heterocycles. The second-order valence-electron chi connectivity index (χ2n) is 4.87. The predicted octanol–water partition coefficient (Wildman–Crippen LogP) is 4.26. The molecule has 1 nitrogen and oxygen atoms in total. The normalized spacial score (nSPS) is 19.1. The highest BCUT2D eigenvalue weighted by Crippen LogP contribution is 2.36. The first-order valence-electron chi connectivity index (χ1n) is 6.14. The van der Waals surface area contributed by atoms with Crippen LogP contribution in [0.1, 0.15) is 19.4 Å². The second-order valence-corrected chi connectivity index (χ2v) is 4.87. The van der Waals surface area contributed by atoms with Crippen molar-refractivity contribution in [3.8, 4) is 0 Å². The molecule has 1 heteroatoms. The number of fused-ring (bicyclic) bond motifs is 1. The molecule has 0 N–H and O–H groups in total. The molecule has 2 aromatic rings. The number of benzene rings is 2. The van der Waals surface area contributed by atoms with E-state index in [9.17, 15) is 0 Å². The van der Waals surface area contributed by atoms with Gasteiger partial charge < -0.3 is 4.90 Å². The molecule has 2 aromatic carbocycles. The molecular formula is C16H17N. The monoisotopic (exact) mass is 223 g/mol. The van der Waals surface area contributed by atoms with Gasteiger partial charge in [0.2, 0.25) is 0 Å². The van der Waals surface area contributed by atoms with Gasteiger partial charge in [-0.15, -0.1) is 0 Å². The van der Waals surface area contributed by atoms with E-state index in [0.29, 0.717) is 6.04 Å². The third-order valence-electron chi connectivity index (χ3n) is 3.65. The van der Waals surface area contributed by atoms with E-state index in [1.165, 1.54) is 27.7 Å². The number of anilines is 1. The van der Waals surface area contributed by atoms with Crippen molar-refractivity contribution in [1.29, 1.82) is 0 Å². The second kappa shape index (κ2) is 3.63. The maximum absolute atomic E-state index is 2.40. The molecule has 0 spiro atoms. The molecule has 1 heterocycles. The smallest absolute Gasteiger partial charge is 0.0510 e. The summed E-state index contributed by atoms with van der Waals surface area (Å²) in [6, 6.07) is 13.6. The average molecular weight is 223 g/mol. The molecule has 1 aliphatic heterocycles. The van der Waals surface area contributed by atoms with E-state index in [-0.39, 0.29) is 0 Å². The van der Waals surface area contributed by atoms with Crippen molar-refractivity contribution in [3.63, 3.8) is 0 Å². The van der Waals surface area contributed by atoms with E-state index in [2.05, 4.69) is 68.1 Å². The van der Waals surface area contributed by atoms with Gasteiger partial charge in [0.15, 0.2) is 0 Å². The minimum atomic E-state index is 0.515. The highest BCUT2D eigenvalue weighted by atomic mass is 15.2. The van der Waals surface area contributed by atoms with E-state index < -0.39 is 0 Å². The lowest BCUT2D eigenvalue weighted by molar-refractivity contribution is 0.742. The number of allylic oxidation sites excluding steroid dienone is 1. The van der Waals surface area contributed by atoms with Gasteiger partial charge in [-0.05, 0) is 43.9 Å². The van der Waals surface area contributed by atoms with Gasteiger partial charge in [-0.3, -0.25) is 0 Å². The fraction of sp³-hybridized carbons (Fsp3) is 0.250. The summed E-state index contributed by atoms with van der Waals surface area (Å²) >= 11 is 0. The van der Waals surface area contributed by atoms with Gasteiger partial charge in [0, 0.05) is 16.8 Å². The molecule has 86 valence electrons. The lowest BCUT2D eigenvalue weighted by Gasteiger charge is -2.39. The first kappa shape index (κ1) is 10.4. The molecule has 1 aliphatic rings. The molecule has 17 heavy (non-hydrogen) atoms. The van der Waals surface area contributed by atoms with E-state index in [1.807, 2.05) is 0 Å². The lowest BCUT2D eigenvalue weighted by Crippen LogP contribution is -2.38. The van der Waals surface area contributed by atoms with Crippen LogP contribution in [-0.2, 0) is 0 Å². The van der Waals surface area contributed by atoms with Crippen molar-refractivity contribution in [2.45, 2.75) is 26.8 Å². The lowest BCUT2D eigenvalue weighted by atomic mass is 9.99. The van der Waals surface area contributed by atoms with Crippen LogP contribution in [0.25, 0.3) is 10.8 Å². The van der Waals surface area contributed by atoms with Crippen LogP contribution < -0.4 is 4.90 Å². The SMILES string of the molecule is CC1=CC(C)N1c1ccc(C)c2ccccc12. The van der Waals surface area contributed by atoms with Crippen molar-refractivity contribution in [2.75, 3.05) is 4.90 Å². The summed E-state index contributed by atoms with van der Waals surface area (Å²) in [4.78, 5) is 2.40. The van der Waals surface area contributed by atoms with E-state index in [1.54, 1.807) is 0 Å². The quantitative estimate of drug-likeness (QED) is 0.698. The molecule has 0 aromatic heterocycles. The average Bonchev–Trinajstić information content (AvgIpc) is 2.33. The zero-order valence-electron chi connectivity index (χ0n) is 10.6. The summed E-state index contributed by atoms with van der Waals surface area (Å²) in [7, 11) is 0. The van der Waals surface area contributed by atoms with Gasteiger partial charge in [0.25, 0.3) is 0 Å². The van der Waals surface area contributed by atoms with Gasteiger partial charge in [-0.1, -0.05) is 30.3 Å². The van der Waals surface area contributed by atoms with Crippen LogP contribution in [0.2, 0.25) is 0 Å². The Morgan fingerprint density at radius 3 is 2.29 bits per heavy atom. The Kier molecular flexibility index (Phi) is 2.22. The minimum absolute atomic E-state index is 0.515. The Morgan fingerprint density at radius 1 is 0.941 bits per heavy atom. The maximum atomic E-state index is 2.40. The standard InChI is InChI=1S/C16H17N/c1-11-8-9-16(17-12(2)10-13(17)3)15-7-5-4-6-14(11)15/h4-10,12H,1-3H3. The van der Waals surface area contributed by atoms with E-state index in [0.717, 1.165) is 0 Å². The zero-order valence-corrected chi connectivity index (χ0v) is 10.6. The Morgan fingerprint density at radius 2 is 1.65 bits per heavy atom. The predicted molar refractivity (Wildman–Crippen MR) is 74.4 cm³/mol. The number of nitrogens with zero attached hydrogens (tertiary/aromatic N) is 1. The topological polar surface area (TPSA) is 3.24 Å². The number of hydrogen-bond donors (Lipinski definition) is 0. The molecule has 1 atom stereocenters. The van der Waals surface area contributed by atoms with Crippen LogP contribution in [0.3, 0.4) is 0 Å². The fourth-order valence-electron chi connectivity index (χ4n) is 2.80. The van der Waals surface area contributed by atoms with Crippen molar-refractivity contribution in [2.24, 2.45) is 0 Å². The highest BCUT2D eigenvalue weighted by Gasteiger charge is 2.24. The van der Waals surface area contributed by atoms with Crippen LogP contribution >= 0.6 is 0 Å². The first-order valence-corrected chi connectivity index (χ1v) is 6.14. The van der Waals surface area contributed by atoms with Crippen LogP contribution in [0.4, 0.5) is 5.69 Å². The molecule has 0 amide bonds. The summed E-state index contributed by atoms with van der Waals surface area (Å²) in [6.45, 7) is 6.59. The zero-order chi connectivity index (χ0) is 12.0. The minimum Gasteiger partial charge on any atom is -0.338 e. The number of aryl methyl sites for hydroxylation is 1. The van der Waals surface area contributed by atoms with Crippen LogP contribution in [0.5, 0.6) is 0 Å². The Labute approximate surface area is 102 Å². The van der Waals surface area contributed by atoms with Gasteiger partial charge in [0.05, 0.1) is 6.04 Å². The van der Waals surface area contributed by atoms with Gasteiger partial charge in [-0.25, -0.2) is 0 Å². The molecule has 0 bridgehead atoms. The van der Waals surface area contributed by atoms with Gasteiger partial charge >= 0.3 is 0 Å². The van der Waals surface area contributed by atoms with Crippen molar-refractivity contribution >= 4 is 16.5 Å². The Balaban J connectivity index is 2.25.